The van der Waals surface area contributed by atoms with Crippen LogP contribution < -0.4 is 5.32 Å². The Hall–Kier alpha value is -1.85. The van der Waals surface area contributed by atoms with Crippen LogP contribution in [-0.4, -0.2) is 29.3 Å². The van der Waals surface area contributed by atoms with Gasteiger partial charge in [0.2, 0.25) is 5.91 Å². The van der Waals surface area contributed by atoms with Gasteiger partial charge in [-0.3, -0.25) is 9.89 Å². The van der Waals surface area contributed by atoms with Crippen molar-refractivity contribution < 1.29 is 9.53 Å². The highest BCUT2D eigenvalue weighted by Crippen LogP contribution is 2.29. The average Bonchev–Trinajstić information content (AvgIpc) is 3.19. The van der Waals surface area contributed by atoms with Gasteiger partial charge in [0.1, 0.15) is 0 Å². The summed E-state index contributed by atoms with van der Waals surface area (Å²) < 4.78 is 5.52. The molecule has 2 heterocycles. The predicted molar refractivity (Wildman–Crippen MR) is 93.0 cm³/mol. The standard InChI is InChI=1S/C18H22ClN3O2/c1-11-16(12(2)22-21-11)9-17(23)20-18(14-7-8-24-10-14)13-3-5-15(19)6-4-13/h3-6,14,18H,7-10H2,1-2H3,(H,20,23)(H,21,22)/t14-,18-/m1/s1. The molecule has 1 fully saturated rings. The van der Waals surface area contributed by atoms with Gasteiger partial charge in [0.25, 0.3) is 0 Å². The van der Waals surface area contributed by atoms with Crippen LogP contribution in [-0.2, 0) is 16.0 Å². The number of rotatable bonds is 5. The minimum atomic E-state index is -0.0650. The molecular formula is C18H22ClN3O2. The van der Waals surface area contributed by atoms with Crippen LogP contribution in [0.5, 0.6) is 0 Å². The molecule has 0 bridgehead atoms. The number of ether oxygens (including phenoxy) is 1. The van der Waals surface area contributed by atoms with E-state index in [1.165, 1.54) is 0 Å². The fourth-order valence-corrected chi connectivity index (χ4v) is 3.30. The van der Waals surface area contributed by atoms with Crippen molar-refractivity contribution in [3.8, 4) is 0 Å². The summed E-state index contributed by atoms with van der Waals surface area (Å²) in [5.74, 6) is 0.274. The van der Waals surface area contributed by atoms with E-state index in [1.54, 1.807) is 0 Å². The average molecular weight is 348 g/mol. The first kappa shape index (κ1) is 17.0. The first-order chi connectivity index (χ1) is 11.5. The van der Waals surface area contributed by atoms with Crippen molar-refractivity contribution in [1.82, 2.24) is 15.5 Å². The van der Waals surface area contributed by atoms with Gasteiger partial charge in [0.15, 0.2) is 0 Å². The minimum Gasteiger partial charge on any atom is -0.381 e. The number of nitrogens with zero attached hydrogens (tertiary/aromatic N) is 1. The molecule has 5 nitrogen and oxygen atoms in total. The van der Waals surface area contributed by atoms with Crippen LogP contribution in [0.25, 0.3) is 0 Å². The van der Waals surface area contributed by atoms with Crippen LogP contribution >= 0.6 is 11.6 Å². The topological polar surface area (TPSA) is 67.0 Å². The molecule has 2 aromatic rings. The zero-order chi connectivity index (χ0) is 17.1. The maximum Gasteiger partial charge on any atom is 0.225 e. The lowest BCUT2D eigenvalue weighted by atomic mass is 9.92. The van der Waals surface area contributed by atoms with E-state index in [2.05, 4.69) is 15.5 Å². The van der Waals surface area contributed by atoms with Crippen molar-refractivity contribution >= 4 is 17.5 Å². The van der Waals surface area contributed by atoms with E-state index in [9.17, 15) is 4.79 Å². The number of aromatic nitrogens is 2. The second kappa shape index (κ2) is 7.36. The second-order valence-corrected chi connectivity index (χ2v) is 6.75. The lowest BCUT2D eigenvalue weighted by Gasteiger charge is -2.24. The third kappa shape index (κ3) is 3.79. The molecule has 3 rings (SSSR count). The van der Waals surface area contributed by atoms with E-state index in [1.807, 2.05) is 38.1 Å². The first-order valence-corrected chi connectivity index (χ1v) is 8.55. The van der Waals surface area contributed by atoms with Gasteiger partial charge in [-0.2, -0.15) is 5.10 Å². The number of benzene rings is 1. The quantitative estimate of drug-likeness (QED) is 0.873. The Morgan fingerprint density at radius 3 is 2.75 bits per heavy atom. The molecule has 6 heteroatoms. The summed E-state index contributed by atoms with van der Waals surface area (Å²) in [5, 5.41) is 11.0. The molecule has 2 atom stereocenters. The number of aryl methyl sites for hydroxylation is 2. The van der Waals surface area contributed by atoms with Crippen LogP contribution in [0.3, 0.4) is 0 Å². The van der Waals surface area contributed by atoms with Crippen LogP contribution in [0.2, 0.25) is 5.02 Å². The summed E-state index contributed by atoms with van der Waals surface area (Å²) in [5.41, 5.74) is 3.83. The minimum absolute atomic E-state index is 0.00514. The van der Waals surface area contributed by atoms with Gasteiger partial charge in [0.05, 0.1) is 24.8 Å². The van der Waals surface area contributed by atoms with Crippen molar-refractivity contribution in [1.29, 1.82) is 0 Å². The van der Waals surface area contributed by atoms with E-state index in [0.717, 1.165) is 35.5 Å². The van der Waals surface area contributed by atoms with Crippen LogP contribution in [0.1, 0.15) is 35.0 Å². The van der Waals surface area contributed by atoms with Crippen molar-refractivity contribution in [2.75, 3.05) is 13.2 Å². The molecule has 1 amide bonds. The first-order valence-electron chi connectivity index (χ1n) is 8.17. The Balaban J connectivity index is 1.76. The Bertz CT molecular complexity index is 686. The number of hydrogen-bond donors (Lipinski definition) is 2. The summed E-state index contributed by atoms with van der Waals surface area (Å²) in [6.45, 7) is 5.25. The largest absolute Gasteiger partial charge is 0.381 e. The number of aromatic amines is 1. The molecule has 0 unspecified atom stereocenters. The van der Waals surface area contributed by atoms with Gasteiger partial charge in [0, 0.05) is 28.8 Å². The van der Waals surface area contributed by atoms with E-state index in [4.69, 9.17) is 16.3 Å². The zero-order valence-electron chi connectivity index (χ0n) is 13.9. The van der Waals surface area contributed by atoms with Crippen molar-refractivity contribution in [2.45, 2.75) is 32.7 Å². The summed E-state index contributed by atoms with van der Waals surface area (Å²) in [7, 11) is 0. The molecule has 2 N–H and O–H groups in total. The Kier molecular flexibility index (Phi) is 5.21. The summed E-state index contributed by atoms with van der Waals surface area (Å²) in [6, 6.07) is 7.59. The number of H-pyrrole nitrogens is 1. The van der Waals surface area contributed by atoms with E-state index in [0.29, 0.717) is 18.1 Å². The van der Waals surface area contributed by atoms with Gasteiger partial charge >= 0.3 is 0 Å². The summed E-state index contributed by atoms with van der Waals surface area (Å²) in [6.07, 6.45) is 1.27. The van der Waals surface area contributed by atoms with Crippen LogP contribution in [0, 0.1) is 19.8 Å². The predicted octanol–water partition coefficient (Wildman–Crippen LogP) is 3.12. The molecule has 0 aliphatic carbocycles. The molecule has 1 aliphatic rings. The SMILES string of the molecule is Cc1n[nH]c(C)c1CC(=O)N[C@H](c1ccc(Cl)cc1)[C@@H]1CCOC1. The zero-order valence-corrected chi connectivity index (χ0v) is 14.7. The second-order valence-electron chi connectivity index (χ2n) is 6.31. The number of carbonyl (C=O) groups excluding carboxylic acids is 1. The molecular weight excluding hydrogens is 326 g/mol. The van der Waals surface area contributed by atoms with Gasteiger partial charge in [-0.05, 0) is 38.0 Å². The van der Waals surface area contributed by atoms with Crippen molar-refractivity contribution in [3.05, 3.63) is 51.8 Å². The highest BCUT2D eigenvalue weighted by molar-refractivity contribution is 6.30. The molecule has 1 saturated heterocycles. The van der Waals surface area contributed by atoms with Crippen LogP contribution in [0.4, 0.5) is 0 Å². The molecule has 1 aliphatic heterocycles. The highest BCUT2D eigenvalue weighted by Gasteiger charge is 2.28. The molecule has 1 aromatic carbocycles. The molecule has 128 valence electrons. The fourth-order valence-electron chi connectivity index (χ4n) is 3.18. The van der Waals surface area contributed by atoms with Gasteiger partial charge in [-0.15, -0.1) is 0 Å². The number of hydrogen-bond acceptors (Lipinski definition) is 3. The van der Waals surface area contributed by atoms with Crippen LogP contribution in [0.15, 0.2) is 24.3 Å². The molecule has 0 radical (unpaired) electrons. The third-order valence-electron chi connectivity index (χ3n) is 4.60. The number of amides is 1. The maximum atomic E-state index is 12.6. The third-order valence-corrected chi connectivity index (χ3v) is 4.85. The van der Waals surface area contributed by atoms with Gasteiger partial charge in [-0.1, -0.05) is 23.7 Å². The normalized spacial score (nSPS) is 18.5. The van der Waals surface area contributed by atoms with E-state index < -0.39 is 0 Å². The number of carbonyl (C=O) groups is 1. The van der Waals surface area contributed by atoms with E-state index in [-0.39, 0.29) is 17.9 Å². The molecule has 0 saturated carbocycles. The van der Waals surface area contributed by atoms with Crippen molar-refractivity contribution in [2.24, 2.45) is 5.92 Å². The summed E-state index contributed by atoms with van der Waals surface area (Å²) in [4.78, 5) is 12.6. The Morgan fingerprint density at radius 2 is 2.17 bits per heavy atom. The Labute approximate surface area is 146 Å². The number of nitrogens with one attached hydrogen (secondary N) is 2. The molecule has 1 aromatic heterocycles. The monoisotopic (exact) mass is 347 g/mol. The fraction of sp³-hybridized carbons (Fsp3) is 0.444. The van der Waals surface area contributed by atoms with Crippen molar-refractivity contribution in [3.63, 3.8) is 0 Å². The summed E-state index contributed by atoms with van der Waals surface area (Å²) >= 11 is 5.99. The lowest BCUT2D eigenvalue weighted by molar-refractivity contribution is -0.121. The van der Waals surface area contributed by atoms with Gasteiger partial charge < -0.3 is 10.1 Å². The highest BCUT2D eigenvalue weighted by atomic mass is 35.5. The smallest absolute Gasteiger partial charge is 0.225 e. The Morgan fingerprint density at radius 1 is 1.42 bits per heavy atom. The lowest BCUT2D eigenvalue weighted by Crippen LogP contribution is -2.35. The van der Waals surface area contributed by atoms with E-state index >= 15 is 0 Å². The maximum absolute atomic E-state index is 12.6. The van der Waals surface area contributed by atoms with Gasteiger partial charge in [-0.25, -0.2) is 0 Å². The molecule has 24 heavy (non-hydrogen) atoms. The molecule has 0 spiro atoms. The number of halogens is 1.